The van der Waals surface area contributed by atoms with E-state index in [1.54, 1.807) is 4.90 Å². The smallest absolute Gasteiger partial charge is 0.257 e. The highest BCUT2D eigenvalue weighted by atomic mass is 32.2. The fraction of sp³-hybridized carbons (Fsp3) is 0.462. The van der Waals surface area contributed by atoms with Crippen LogP contribution in [0.3, 0.4) is 0 Å². The molecule has 1 fully saturated rings. The topological polar surface area (TPSA) is 80.5 Å². The molecule has 1 aliphatic rings. The van der Waals surface area contributed by atoms with Crippen LogP contribution in [0.5, 0.6) is 0 Å². The van der Waals surface area contributed by atoms with Crippen LogP contribution in [0.1, 0.15) is 36.5 Å². The molecule has 1 saturated carbocycles. The van der Waals surface area contributed by atoms with Gasteiger partial charge >= 0.3 is 0 Å². The van der Waals surface area contributed by atoms with Crippen LogP contribution in [-0.2, 0) is 10.0 Å². The zero-order valence-corrected chi connectivity index (χ0v) is 12.0. The highest BCUT2D eigenvalue weighted by Crippen LogP contribution is 2.29. The van der Waals surface area contributed by atoms with Crippen molar-refractivity contribution in [3.63, 3.8) is 0 Å². The van der Waals surface area contributed by atoms with Crippen molar-refractivity contribution >= 4 is 15.9 Å². The van der Waals surface area contributed by atoms with Crippen molar-refractivity contribution in [3.05, 3.63) is 29.6 Å². The standard InChI is InChI=1S/C13H17FN2O3S/c1-2-7-16(9-3-4-9)13(17)11-8-10(20(15,18)19)5-6-12(11)14/h5-6,8-9H,2-4,7H2,1H3,(H2,15,18,19). The van der Waals surface area contributed by atoms with Gasteiger partial charge in [0, 0.05) is 12.6 Å². The summed E-state index contributed by atoms with van der Waals surface area (Å²) in [6.45, 7) is 2.46. The number of sulfonamides is 1. The number of carbonyl (C=O) groups excluding carboxylic acids is 1. The first kappa shape index (κ1) is 14.9. The van der Waals surface area contributed by atoms with Gasteiger partial charge < -0.3 is 4.90 Å². The Labute approximate surface area is 117 Å². The molecule has 20 heavy (non-hydrogen) atoms. The van der Waals surface area contributed by atoms with Crippen LogP contribution in [0.2, 0.25) is 0 Å². The zero-order valence-electron chi connectivity index (χ0n) is 11.2. The molecule has 0 bridgehead atoms. The van der Waals surface area contributed by atoms with Crippen molar-refractivity contribution in [2.75, 3.05) is 6.54 Å². The highest BCUT2D eigenvalue weighted by Gasteiger charge is 2.33. The molecule has 110 valence electrons. The second-order valence-electron chi connectivity index (χ2n) is 4.92. The second-order valence-corrected chi connectivity index (χ2v) is 6.48. The molecule has 0 aliphatic heterocycles. The van der Waals surface area contributed by atoms with Gasteiger partial charge in [0.1, 0.15) is 5.82 Å². The Kier molecular flexibility index (Phi) is 4.10. The maximum absolute atomic E-state index is 13.8. The number of nitrogens with two attached hydrogens (primary N) is 1. The third-order valence-electron chi connectivity index (χ3n) is 3.21. The van der Waals surface area contributed by atoms with E-state index in [1.807, 2.05) is 6.92 Å². The number of primary sulfonamides is 1. The van der Waals surface area contributed by atoms with E-state index in [9.17, 15) is 17.6 Å². The minimum Gasteiger partial charge on any atom is -0.336 e. The van der Waals surface area contributed by atoms with Gasteiger partial charge in [0.2, 0.25) is 10.0 Å². The van der Waals surface area contributed by atoms with E-state index in [4.69, 9.17) is 5.14 Å². The van der Waals surface area contributed by atoms with Crippen molar-refractivity contribution in [2.45, 2.75) is 37.1 Å². The first-order valence-electron chi connectivity index (χ1n) is 6.48. The molecular weight excluding hydrogens is 283 g/mol. The molecule has 1 aromatic rings. The van der Waals surface area contributed by atoms with Gasteiger partial charge in [0.25, 0.3) is 5.91 Å². The van der Waals surface area contributed by atoms with Gasteiger partial charge in [-0.1, -0.05) is 6.92 Å². The van der Waals surface area contributed by atoms with E-state index in [1.165, 1.54) is 0 Å². The molecule has 0 spiro atoms. The molecule has 1 amide bonds. The van der Waals surface area contributed by atoms with Crippen molar-refractivity contribution in [1.82, 2.24) is 4.90 Å². The number of benzene rings is 1. The monoisotopic (exact) mass is 300 g/mol. The van der Waals surface area contributed by atoms with Crippen LogP contribution in [0.15, 0.2) is 23.1 Å². The first-order chi connectivity index (χ1) is 9.34. The lowest BCUT2D eigenvalue weighted by atomic mass is 10.1. The largest absolute Gasteiger partial charge is 0.336 e. The van der Waals surface area contributed by atoms with E-state index in [-0.39, 0.29) is 16.5 Å². The molecule has 0 heterocycles. The Balaban J connectivity index is 2.37. The molecule has 0 unspecified atom stereocenters. The number of amides is 1. The fourth-order valence-electron chi connectivity index (χ4n) is 2.08. The molecule has 0 radical (unpaired) electrons. The average Bonchev–Trinajstić information content (AvgIpc) is 3.18. The fourth-order valence-corrected chi connectivity index (χ4v) is 2.62. The predicted octanol–water partition coefficient (Wildman–Crippen LogP) is 1.49. The Morgan fingerprint density at radius 1 is 1.45 bits per heavy atom. The number of hydrogen-bond donors (Lipinski definition) is 1. The van der Waals surface area contributed by atoms with Crippen LogP contribution < -0.4 is 5.14 Å². The van der Waals surface area contributed by atoms with Crippen molar-refractivity contribution in [3.8, 4) is 0 Å². The summed E-state index contributed by atoms with van der Waals surface area (Å²) in [7, 11) is -3.96. The molecule has 1 aromatic carbocycles. The lowest BCUT2D eigenvalue weighted by Crippen LogP contribution is -2.34. The zero-order chi connectivity index (χ0) is 14.9. The van der Waals surface area contributed by atoms with Crippen LogP contribution >= 0.6 is 0 Å². The van der Waals surface area contributed by atoms with E-state index >= 15 is 0 Å². The van der Waals surface area contributed by atoms with Crippen LogP contribution in [0.4, 0.5) is 4.39 Å². The van der Waals surface area contributed by atoms with Crippen LogP contribution in [-0.4, -0.2) is 31.8 Å². The minimum absolute atomic E-state index is 0.139. The van der Waals surface area contributed by atoms with E-state index in [0.717, 1.165) is 37.5 Å². The summed E-state index contributed by atoms with van der Waals surface area (Å²) < 4.78 is 36.4. The van der Waals surface area contributed by atoms with Gasteiger partial charge in [-0.05, 0) is 37.5 Å². The molecular formula is C13H17FN2O3S. The Morgan fingerprint density at radius 3 is 2.60 bits per heavy atom. The van der Waals surface area contributed by atoms with Gasteiger partial charge in [0.05, 0.1) is 10.5 Å². The Hall–Kier alpha value is -1.47. The Bertz CT molecular complexity index is 627. The molecule has 5 nitrogen and oxygen atoms in total. The predicted molar refractivity (Wildman–Crippen MR) is 72.1 cm³/mol. The number of nitrogens with zero attached hydrogens (tertiary/aromatic N) is 1. The maximum Gasteiger partial charge on any atom is 0.257 e. The van der Waals surface area contributed by atoms with E-state index in [0.29, 0.717) is 6.54 Å². The van der Waals surface area contributed by atoms with Gasteiger partial charge in [-0.3, -0.25) is 4.79 Å². The second kappa shape index (κ2) is 5.49. The molecule has 2 N–H and O–H groups in total. The van der Waals surface area contributed by atoms with Gasteiger partial charge in [-0.2, -0.15) is 0 Å². The summed E-state index contributed by atoms with van der Waals surface area (Å²) in [6, 6.07) is 3.17. The molecule has 0 saturated heterocycles. The summed E-state index contributed by atoms with van der Waals surface area (Å²) in [5.74, 6) is -1.21. The summed E-state index contributed by atoms with van der Waals surface area (Å²) in [5, 5.41) is 5.01. The molecule has 0 aromatic heterocycles. The SMILES string of the molecule is CCCN(C(=O)c1cc(S(N)(=O)=O)ccc1F)C1CC1. The van der Waals surface area contributed by atoms with E-state index < -0.39 is 21.7 Å². The molecule has 1 aliphatic carbocycles. The number of halogens is 1. The number of rotatable bonds is 5. The van der Waals surface area contributed by atoms with Crippen LogP contribution in [0.25, 0.3) is 0 Å². The number of carbonyl (C=O) groups is 1. The third-order valence-corrected chi connectivity index (χ3v) is 4.12. The summed E-state index contributed by atoms with van der Waals surface area (Å²) in [6.07, 6.45) is 2.57. The van der Waals surface area contributed by atoms with Gasteiger partial charge in [-0.25, -0.2) is 17.9 Å². The van der Waals surface area contributed by atoms with Crippen LogP contribution in [0, 0.1) is 5.82 Å². The summed E-state index contributed by atoms with van der Waals surface area (Å²) >= 11 is 0. The lowest BCUT2D eigenvalue weighted by molar-refractivity contribution is 0.0738. The summed E-state index contributed by atoms with van der Waals surface area (Å²) in [4.78, 5) is 13.7. The molecule has 0 atom stereocenters. The summed E-state index contributed by atoms with van der Waals surface area (Å²) in [5.41, 5.74) is -0.239. The lowest BCUT2D eigenvalue weighted by Gasteiger charge is -2.22. The Morgan fingerprint density at radius 2 is 2.10 bits per heavy atom. The minimum atomic E-state index is -3.96. The quantitative estimate of drug-likeness (QED) is 0.894. The first-order valence-corrected chi connectivity index (χ1v) is 8.02. The third kappa shape index (κ3) is 3.16. The highest BCUT2D eigenvalue weighted by molar-refractivity contribution is 7.89. The molecule has 2 rings (SSSR count). The normalized spacial score (nSPS) is 15.2. The number of hydrogen-bond acceptors (Lipinski definition) is 3. The maximum atomic E-state index is 13.8. The van der Waals surface area contributed by atoms with Crippen molar-refractivity contribution in [1.29, 1.82) is 0 Å². The van der Waals surface area contributed by atoms with Crippen molar-refractivity contribution < 1.29 is 17.6 Å². The molecule has 7 heteroatoms. The van der Waals surface area contributed by atoms with Gasteiger partial charge in [-0.15, -0.1) is 0 Å². The van der Waals surface area contributed by atoms with Crippen molar-refractivity contribution in [2.24, 2.45) is 5.14 Å². The average molecular weight is 300 g/mol. The van der Waals surface area contributed by atoms with E-state index in [2.05, 4.69) is 0 Å². The van der Waals surface area contributed by atoms with Gasteiger partial charge in [0.15, 0.2) is 0 Å².